The van der Waals surface area contributed by atoms with Crippen LogP contribution in [-0.2, 0) is 0 Å². The lowest BCUT2D eigenvalue weighted by Crippen LogP contribution is -2.17. The Hall–Kier alpha value is -2.57. The first kappa shape index (κ1) is 15.3. The van der Waals surface area contributed by atoms with Crippen molar-refractivity contribution in [1.82, 2.24) is 5.16 Å². The molecular weight excluding hydrogens is 303 g/mol. The van der Waals surface area contributed by atoms with E-state index >= 15 is 0 Å². The van der Waals surface area contributed by atoms with Crippen molar-refractivity contribution in [2.75, 3.05) is 12.4 Å². The second-order valence-corrected chi connectivity index (χ2v) is 5.52. The molecule has 1 aromatic heterocycles. The van der Waals surface area contributed by atoms with E-state index in [4.69, 9.17) is 9.26 Å². The molecule has 122 valence electrons. The second kappa shape index (κ2) is 6.28. The average Bonchev–Trinajstić information content (AvgIpc) is 3.18. The molecule has 0 amide bonds. The number of rotatable bonds is 5. The van der Waals surface area contributed by atoms with Crippen LogP contribution in [0.4, 0.5) is 10.2 Å². The number of aromatic carboxylic acids is 1. The zero-order valence-corrected chi connectivity index (χ0v) is 12.6. The first-order valence-electron chi connectivity index (χ1n) is 7.43. The fraction of sp³-hybridized carbons (Fsp3) is 0.375. The number of ether oxygens (including phenoxy) is 1. The van der Waals surface area contributed by atoms with E-state index in [1.165, 1.54) is 25.3 Å². The quantitative estimate of drug-likeness (QED) is 0.876. The fourth-order valence-electron chi connectivity index (χ4n) is 2.85. The molecule has 0 bridgehead atoms. The lowest BCUT2D eigenvalue weighted by Gasteiger charge is -2.10. The number of hydrogen-bond acceptors (Lipinski definition) is 5. The van der Waals surface area contributed by atoms with Crippen molar-refractivity contribution in [3.8, 4) is 17.1 Å². The average molecular weight is 320 g/mol. The van der Waals surface area contributed by atoms with Gasteiger partial charge >= 0.3 is 5.97 Å². The molecule has 1 aliphatic carbocycles. The van der Waals surface area contributed by atoms with Gasteiger partial charge in [-0.25, -0.2) is 9.18 Å². The Labute approximate surface area is 132 Å². The van der Waals surface area contributed by atoms with Crippen LogP contribution in [0.15, 0.2) is 22.7 Å². The number of nitrogens with one attached hydrogen (secondary N) is 1. The van der Waals surface area contributed by atoms with Gasteiger partial charge in [0, 0.05) is 11.6 Å². The lowest BCUT2D eigenvalue weighted by molar-refractivity contribution is 0.0698. The molecule has 0 unspecified atom stereocenters. The molecular formula is C16H17FN2O4. The summed E-state index contributed by atoms with van der Waals surface area (Å²) in [4.78, 5) is 11.6. The number of benzene rings is 1. The van der Waals surface area contributed by atoms with Gasteiger partial charge in [0.2, 0.25) is 0 Å². The number of anilines is 1. The Morgan fingerprint density at radius 1 is 1.43 bits per heavy atom. The van der Waals surface area contributed by atoms with E-state index < -0.39 is 11.8 Å². The molecule has 1 heterocycles. The van der Waals surface area contributed by atoms with Crippen molar-refractivity contribution >= 4 is 11.8 Å². The van der Waals surface area contributed by atoms with E-state index in [1.807, 2.05) is 0 Å². The van der Waals surface area contributed by atoms with Crippen molar-refractivity contribution in [2.24, 2.45) is 0 Å². The van der Waals surface area contributed by atoms with Crippen LogP contribution < -0.4 is 10.1 Å². The predicted molar refractivity (Wildman–Crippen MR) is 81.3 cm³/mol. The third kappa shape index (κ3) is 2.99. The highest BCUT2D eigenvalue weighted by Crippen LogP contribution is 2.33. The largest absolute Gasteiger partial charge is 0.494 e. The minimum Gasteiger partial charge on any atom is -0.494 e. The van der Waals surface area contributed by atoms with E-state index in [0.717, 1.165) is 25.7 Å². The number of carboxylic acids is 1. The topological polar surface area (TPSA) is 84.6 Å². The molecule has 1 aliphatic rings. The zero-order valence-electron chi connectivity index (χ0n) is 12.6. The minimum atomic E-state index is -1.15. The van der Waals surface area contributed by atoms with Crippen molar-refractivity contribution in [2.45, 2.75) is 31.7 Å². The molecule has 1 fully saturated rings. The second-order valence-electron chi connectivity index (χ2n) is 5.52. The van der Waals surface area contributed by atoms with Gasteiger partial charge in [0.25, 0.3) is 0 Å². The standard InChI is InChI=1S/C16H17FN2O4/c1-22-12-8-9(6-7-11(12)17)14-13(16(20)21)15(19-23-14)18-10-4-2-3-5-10/h6-8,10H,2-5H2,1H3,(H,18,19)(H,20,21). The van der Waals surface area contributed by atoms with Crippen LogP contribution in [0.5, 0.6) is 5.75 Å². The van der Waals surface area contributed by atoms with Gasteiger partial charge in [-0.05, 0) is 31.0 Å². The summed E-state index contributed by atoms with van der Waals surface area (Å²) >= 11 is 0. The monoisotopic (exact) mass is 320 g/mol. The van der Waals surface area contributed by atoms with E-state index in [-0.39, 0.29) is 28.9 Å². The molecule has 2 aromatic rings. The number of carboxylic acid groups (broad SMARTS) is 1. The number of hydrogen-bond donors (Lipinski definition) is 2. The molecule has 3 rings (SSSR count). The molecule has 1 aromatic carbocycles. The lowest BCUT2D eigenvalue weighted by atomic mass is 10.1. The van der Waals surface area contributed by atoms with Crippen molar-refractivity contribution in [3.05, 3.63) is 29.6 Å². The first-order valence-corrected chi connectivity index (χ1v) is 7.43. The number of carbonyl (C=O) groups is 1. The Balaban J connectivity index is 1.98. The number of methoxy groups -OCH3 is 1. The summed E-state index contributed by atoms with van der Waals surface area (Å²) in [6, 6.07) is 4.23. The summed E-state index contributed by atoms with van der Waals surface area (Å²) in [5.41, 5.74) is 0.346. The van der Waals surface area contributed by atoms with Crippen molar-refractivity contribution < 1.29 is 23.6 Å². The summed E-state index contributed by atoms with van der Waals surface area (Å²) < 4.78 is 23.7. The van der Waals surface area contributed by atoms with Crippen LogP contribution in [0.1, 0.15) is 36.0 Å². The van der Waals surface area contributed by atoms with Crippen LogP contribution in [0.2, 0.25) is 0 Å². The molecule has 1 saturated carbocycles. The van der Waals surface area contributed by atoms with Crippen LogP contribution >= 0.6 is 0 Å². The van der Waals surface area contributed by atoms with Gasteiger partial charge in [-0.1, -0.05) is 18.0 Å². The molecule has 2 N–H and O–H groups in total. The van der Waals surface area contributed by atoms with Gasteiger partial charge in [-0.3, -0.25) is 0 Å². The maximum Gasteiger partial charge on any atom is 0.343 e. The number of halogens is 1. The van der Waals surface area contributed by atoms with E-state index in [2.05, 4.69) is 10.5 Å². The van der Waals surface area contributed by atoms with E-state index in [9.17, 15) is 14.3 Å². The molecule has 0 saturated heterocycles. The van der Waals surface area contributed by atoms with Crippen molar-refractivity contribution in [3.63, 3.8) is 0 Å². The highest BCUT2D eigenvalue weighted by atomic mass is 19.1. The molecule has 0 radical (unpaired) electrons. The zero-order chi connectivity index (χ0) is 16.4. The van der Waals surface area contributed by atoms with Gasteiger partial charge in [-0.15, -0.1) is 0 Å². The number of aromatic nitrogens is 1. The third-order valence-electron chi connectivity index (χ3n) is 4.02. The third-order valence-corrected chi connectivity index (χ3v) is 4.02. The highest BCUT2D eigenvalue weighted by Gasteiger charge is 2.27. The van der Waals surface area contributed by atoms with Crippen LogP contribution in [-0.4, -0.2) is 29.4 Å². The maximum atomic E-state index is 13.5. The first-order chi connectivity index (χ1) is 11.1. The predicted octanol–water partition coefficient (Wildman–Crippen LogP) is 3.54. The smallest absolute Gasteiger partial charge is 0.343 e. The Kier molecular flexibility index (Phi) is 4.18. The number of nitrogens with zero attached hydrogens (tertiary/aromatic N) is 1. The molecule has 23 heavy (non-hydrogen) atoms. The summed E-state index contributed by atoms with van der Waals surface area (Å²) in [7, 11) is 1.34. The van der Waals surface area contributed by atoms with Crippen molar-refractivity contribution in [1.29, 1.82) is 0 Å². The minimum absolute atomic E-state index is 0.0144. The molecule has 7 heteroatoms. The summed E-state index contributed by atoms with van der Waals surface area (Å²) in [5.74, 6) is -1.37. The van der Waals surface area contributed by atoms with E-state index in [0.29, 0.717) is 5.56 Å². The van der Waals surface area contributed by atoms with Gasteiger partial charge < -0.3 is 19.7 Å². The Morgan fingerprint density at radius 2 is 2.17 bits per heavy atom. The normalized spacial score (nSPS) is 14.9. The van der Waals surface area contributed by atoms with E-state index in [1.54, 1.807) is 0 Å². The van der Waals surface area contributed by atoms with Crippen LogP contribution in [0.3, 0.4) is 0 Å². The van der Waals surface area contributed by atoms with Crippen LogP contribution in [0, 0.1) is 5.82 Å². The molecule has 6 nitrogen and oxygen atoms in total. The SMILES string of the molecule is COc1cc(-c2onc(NC3CCCC3)c2C(=O)O)ccc1F. The highest BCUT2D eigenvalue weighted by molar-refractivity contribution is 5.99. The van der Waals surface area contributed by atoms with Gasteiger partial charge in [0.15, 0.2) is 28.7 Å². The summed E-state index contributed by atoms with van der Waals surface area (Å²) in [6.07, 6.45) is 4.18. The van der Waals surface area contributed by atoms with Gasteiger partial charge in [0.1, 0.15) is 0 Å². The maximum absolute atomic E-state index is 13.5. The molecule has 0 atom stereocenters. The summed E-state index contributed by atoms with van der Waals surface area (Å²) in [6.45, 7) is 0. The fourth-order valence-corrected chi connectivity index (χ4v) is 2.85. The Bertz CT molecular complexity index is 723. The van der Waals surface area contributed by atoms with Gasteiger partial charge in [0.05, 0.1) is 7.11 Å². The molecule has 0 spiro atoms. The summed E-state index contributed by atoms with van der Waals surface area (Å²) in [5, 5.41) is 16.5. The van der Waals surface area contributed by atoms with Gasteiger partial charge in [-0.2, -0.15) is 0 Å². The van der Waals surface area contributed by atoms with Crippen LogP contribution in [0.25, 0.3) is 11.3 Å². The Morgan fingerprint density at radius 3 is 2.83 bits per heavy atom. The molecule has 0 aliphatic heterocycles.